The Labute approximate surface area is 196 Å². The number of amides is 2. The normalized spacial score (nSPS) is 16.2. The number of piperidine rings is 1. The highest BCUT2D eigenvalue weighted by Crippen LogP contribution is 2.20. The molecule has 0 spiro atoms. The predicted octanol–water partition coefficient (Wildman–Crippen LogP) is 3.39. The molecule has 0 radical (unpaired) electrons. The van der Waals surface area contributed by atoms with Gasteiger partial charge in [-0.2, -0.15) is 0 Å². The van der Waals surface area contributed by atoms with Crippen LogP contribution in [-0.4, -0.2) is 42.4 Å². The van der Waals surface area contributed by atoms with Gasteiger partial charge in [0.05, 0.1) is 12.5 Å². The van der Waals surface area contributed by atoms with E-state index in [1.807, 2.05) is 67.6 Å². The summed E-state index contributed by atoms with van der Waals surface area (Å²) in [6, 6.07) is 19.0. The van der Waals surface area contributed by atoms with Gasteiger partial charge >= 0.3 is 0 Å². The van der Waals surface area contributed by atoms with E-state index in [1.54, 1.807) is 0 Å². The van der Waals surface area contributed by atoms with Crippen LogP contribution in [0.5, 0.6) is 0 Å². The standard InChI is InChI=1S/C23H30N4O2.2ClH/c1-17(22(24)18-8-4-2-5-9-18)23(29)26-20-12-14-27(15-13-20)16-21(28)25-19-10-6-3-7-11-19;;/h2-11,17,20,22H,12-16,24H2,1H3,(H,25,28)(H,26,29);2*1H. The molecule has 3 rings (SSSR count). The summed E-state index contributed by atoms with van der Waals surface area (Å²) in [6.07, 6.45) is 1.66. The Kier molecular flexibility index (Phi) is 11.6. The molecule has 2 amide bonds. The van der Waals surface area contributed by atoms with Gasteiger partial charge in [-0.25, -0.2) is 0 Å². The van der Waals surface area contributed by atoms with Gasteiger partial charge in [-0.3, -0.25) is 14.5 Å². The van der Waals surface area contributed by atoms with Crippen LogP contribution in [0.4, 0.5) is 5.69 Å². The van der Waals surface area contributed by atoms with Crippen LogP contribution in [0, 0.1) is 5.92 Å². The molecule has 6 nitrogen and oxygen atoms in total. The second-order valence-corrected chi connectivity index (χ2v) is 7.70. The Bertz CT molecular complexity index is 800. The number of nitrogens with one attached hydrogen (secondary N) is 2. The van der Waals surface area contributed by atoms with Crippen LogP contribution >= 0.6 is 24.8 Å². The second-order valence-electron chi connectivity index (χ2n) is 7.70. The summed E-state index contributed by atoms with van der Waals surface area (Å²) in [6.45, 7) is 3.81. The highest BCUT2D eigenvalue weighted by atomic mass is 35.5. The predicted molar refractivity (Wildman–Crippen MR) is 130 cm³/mol. The van der Waals surface area contributed by atoms with Crippen molar-refractivity contribution < 1.29 is 9.59 Å². The molecule has 8 heteroatoms. The molecule has 1 heterocycles. The fourth-order valence-corrected chi connectivity index (χ4v) is 3.62. The summed E-state index contributed by atoms with van der Waals surface area (Å²) < 4.78 is 0. The second kappa shape index (κ2) is 13.3. The Morgan fingerprint density at radius 3 is 2.13 bits per heavy atom. The zero-order valence-electron chi connectivity index (χ0n) is 17.7. The van der Waals surface area contributed by atoms with Gasteiger partial charge in [0.15, 0.2) is 0 Å². The van der Waals surface area contributed by atoms with E-state index in [2.05, 4.69) is 15.5 Å². The molecular formula is C23H32Cl2N4O2. The number of hydrogen-bond donors (Lipinski definition) is 3. The van der Waals surface area contributed by atoms with Crippen LogP contribution in [-0.2, 0) is 9.59 Å². The number of likely N-dealkylation sites (tertiary alicyclic amines) is 1. The van der Waals surface area contributed by atoms with Crippen LogP contribution in [0.15, 0.2) is 60.7 Å². The summed E-state index contributed by atoms with van der Waals surface area (Å²) >= 11 is 0. The fraction of sp³-hybridized carbons (Fsp3) is 0.391. The average molecular weight is 467 g/mol. The molecule has 1 fully saturated rings. The molecule has 1 saturated heterocycles. The lowest BCUT2D eigenvalue weighted by Crippen LogP contribution is -2.48. The molecule has 0 saturated carbocycles. The zero-order valence-corrected chi connectivity index (χ0v) is 19.3. The summed E-state index contributed by atoms with van der Waals surface area (Å²) in [5.74, 6) is -0.324. The maximum absolute atomic E-state index is 12.6. The first-order chi connectivity index (χ1) is 14.0. The molecule has 170 valence electrons. The highest BCUT2D eigenvalue weighted by Gasteiger charge is 2.26. The quantitative estimate of drug-likeness (QED) is 0.583. The minimum Gasteiger partial charge on any atom is -0.353 e. The maximum atomic E-state index is 12.6. The van der Waals surface area contributed by atoms with Crippen LogP contribution in [0.25, 0.3) is 0 Å². The van der Waals surface area contributed by atoms with Crippen molar-refractivity contribution in [2.24, 2.45) is 11.7 Å². The molecule has 2 atom stereocenters. The number of nitrogens with zero attached hydrogens (tertiary/aromatic N) is 1. The Morgan fingerprint density at radius 1 is 1.00 bits per heavy atom. The third-order valence-corrected chi connectivity index (χ3v) is 5.50. The van der Waals surface area contributed by atoms with E-state index in [4.69, 9.17) is 5.73 Å². The first kappa shape index (κ1) is 26.9. The van der Waals surface area contributed by atoms with E-state index in [0.29, 0.717) is 6.54 Å². The molecule has 0 aliphatic carbocycles. The van der Waals surface area contributed by atoms with Crippen LogP contribution in [0.1, 0.15) is 31.4 Å². The van der Waals surface area contributed by atoms with E-state index in [9.17, 15) is 9.59 Å². The van der Waals surface area contributed by atoms with E-state index in [1.165, 1.54) is 0 Å². The van der Waals surface area contributed by atoms with Gasteiger partial charge in [0.25, 0.3) is 0 Å². The van der Waals surface area contributed by atoms with E-state index < -0.39 is 0 Å². The highest BCUT2D eigenvalue weighted by molar-refractivity contribution is 5.92. The number of halogens is 2. The van der Waals surface area contributed by atoms with Gasteiger partial charge in [0, 0.05) is 30.9 Å². The number of anilines is 1. The third-order valence-electron chi connectivity index (χ3n) is 5.50. The summed E-state index contributed by atoms with van der Waals surface area (Å²) in [7, 11) is 0. The van der Waals surface area contributed by atoms with Crippen molar-refractivity contribution in [3.63, 3.8) is 0 Å². The first-order valence-corrected chi connectivity index (χ1v) is 10.2. The smallest absolute Gasteiger partial charge is 0.238 e. The van der Waals surface area contributed by atoms with Crippen LogP contribution in [0.3, 0.4) is 0 Å². The molecule has 2 unspecified atom stereocenters. The number of rotatable bonds is 7. The maximum Gasteiger partial charge on any atom is 0.238 e. The lowest BCUT2D eigenvalue weighted by Gasteiger charge is -2.33. The number of carbonyl (C=O) groups is 2. The molecule has 0 bridgehead atoms. The third kappa shape index (κ3) is 8.15. The van der Waals surface area contributed by atoms with Crippen molar-refractivity contribution in [1.82, 2.24) is 10.2 Å². The molecule has 0 aromatic heterocycles. The fourth-order valence-electron chi connectivity index (χ4n) is 3.62. The Morgan fingerprint density at radius 2 is 1.55 bits per heavy atom. The molecular weight excluding hydrogens is 435 g/mol. The van der Waals surface area contributed by atoms with Crippen molar-refractivity contribution in [1.29, 1.82) is 0 Å². The van der Waals surface area contributed by atoms with Gasteiger partial charge in [-0.15, -0.1) is 24.8 Å². The van der Waals surface area contributed by atoms with Crippen LogP contribution in [0.2, 0.25) is 0 Å². The molecule has 1 aliphatic heterocycles. The van der Waals surface area contributed by atoms with Crippen molar-refractivity contribution >= 4 is 42.3 Å². The van der Waals surface area contributed by atoms with Crippen molar-refractivity contribution in [2.75, 3.05) is 25.0 Å². The van der Waals surface area contributed by atoms with Gasteiger partial charge in [-0.1, -0.05) is 55.5 Å². The van der Waals surface area contributed by atoms with Gasteiger partial charge < -0.3 is 16.4 Å². The van der Waals surface area contributed by atoms with E-state index in [-0.39, 0.29) is 54.6 Å². The minimum atomic E-state index is -0.321. The first-order valence-electron chi connectivity index (χ1n) is 10.2. The largest absolute Gasteiger partial charge is 0.353 e. The van der Waals surface area contributed by atoms with Crippen molar-refractivity contribution in [3.8, 4) is 0 Å². The Balaban J connectivity index is 0.00000240. The summed E-state index contributed by atoms with van der Waals surface area (Å²) in [5, 5.41) is 6.05. The molecule has 31 heavy (non-hydrogen) atoms. The van der Waals surface area contributed by atoms with Gasteiger partial charge in [0.1, 0.15) is 0 Å². The molecule has 1 aliphatic rings. The monoisotopic (exact) mass is 466 g/mol. The summed E-state index contributed by atoms with van der Waals surface area (Å²) in [4.78, 5) is 26.9. The number of hydrogen-bond acceptors (Lipinski definition) is 4. The van der Waals surface area contributed by atoms with Gasteiger partial charge in [0.2, 0.25) is 11.8 Å². The van der Waals surface area contributed by atoms with Crippen LogP contribution < -0.4 is 16.4 Å². The van der Waals surface area contributed by atoms with Gasteiger partial charge in [-0.05, 0) is 30.5 Å². The lowest BCUT2D eigenvalue weighted by molar-refractivity contribution is -0.126. The van der Waals surface area contributed by atoms with Crippen molar-refractivity contribution in [2.45, 2.75) is 31.8 Å². The average Bonchev–Trinajstić information content (AvgIpc) is 2.75. The molecule has 4 N–H and O–H groups in total. The van der Waals surface area contributed by atoms with Crippen molar-refractivity contribution in [3.05, 3.63) is 66.2 Å². The minimum absolute atomic E-state index is 0. The zero-order chi connectivity index (χ0) is 20.6. The van der Waals surface area contributed by atoms with E-state index in [0.717, 1.165) is 37.2 Å². The number of para-hydroxylation sites is 1. The molecule has 2 aromatic carbocycles. The lowest BCUT2D eigenvalue weighted by atomic mass is 9.94. The van der Waals surface area contributed by atoms with E-state index >= 15 is 0 Å². The Hall–Kier alpha value is -2.12. The topological polar surface area (TPSA) is 87.5 Å². The SMILES string of the molecule is CC(C(=O)NC1CCN(CC(=O)Nc2ccccc2)CC1)C(N)c1ccccc1.Cl.Cl. The summed E-state index contributed by atoms with van der Waals surface area (Å²) in [5.41, 5.74) is 8.05. The number of nitrogens with two attached hydrogens (primary N) is 1. The number of carbonyl (C=O) groups excluding carboxylic acids is 2. The molecule has 2 aromatic rings. The number of benzene rings is 2.